The predicted octanol–water partition coefficient (Wildman–Crippen LogP) is 3.66. The van der Waals surface area contributed by atoms with Gasteiger partial charge in [0.2, 0.25) is 16.0 Å². The van der Waals surface area contributed by atoms with E-state index >= 15 is 0 Å². The van der Waals surface area contributed by atoms with Gasteiger partial charge in [-0.25, -0.2) is 23.4 Å². The van der Waals surface area contributed by atoms with Gasteiger partial charge in [-0.3, -0.25) is 0 Å². The van der Waals surface area contributed by atoms with Gasteiger partial charge in [-0.2, -0.15) is 4.31 Å². The van der Waals surface area contributed by atoms with E-state index in [9.17, 15) is 8.42 Å². The molecular weight excluding hydrogens is 492 g/mol. The second kappa shape index (κ2) is 10.3. The van der Waals surface area contributed by atoms with Crippen LogP contribution in [0.1, 0.15) is 25.7 Å². The number of aromatic nitrogens is 3. The van der Waals surface area contributed by atoms with Gasteiger partial charge in [0.25, 0.3) is 0 Å². The van der Waals surface area contributed by atoms with Gasteiger partial charge in [0.05, 0.1) is 28.3 Å². The van der Waals surface area contributed by atoms with Gasteiger partial charge in [0.1, 0.15) is 0 Å². The molecule has 2 atom stereocenters. The number of nitrogens with one attached hydrogen (secondary N) is 2. The summed E-state index contributed by atoms with van der Waals surface area (Å²) in [4.78, 5) is 14.9. The van der Waals surface area contributed by atoms with Crippen LogP contribution in [0, 0.1) is 0 Å². The molecule has 12 heteroatoms. The number of sulfonamides is 1. The predicted molar refractivity (Wildman–Crippen MR) is 136 cm³/mol. The van der Waals surface area contributed by atoms with E-state index in [4.69, 9.17) is 9.72 Å². The first-order valence-corrected chi connectivity index (χ1v) is 14.9. The number of fused-ring (bicyclic) bond motifs is 1. The molecule has 1 aromatic carbocycles. The summed E-state index contributed by atoms with van der Waals surface area (Å²) in [6.07, 6.45) is 9.88. The number of hydrogen-bond donors (Lipinski definition) is 2. The van der Waals surface area contributed by atoms with Crippen LogP contribution in [0.15, 0.2) is 40.4 Å². The van der Waals surface area contributed by atoms with Crippen LogP contribution in [0.2, 0.25) is 0 Å². The van der Waals surface area contributed by atoms with Crippen LogP contribution in [-0.2, 0) is 14.8 Å². The summed E-state index contributed by atoms with van der Waals surface area (Å²) in [5.74, 6) is 0.664. The molecule has 34 heavy (non-hydrogen) atoms. The molecular formula is C22H28N6O3S3. The Hall–Kier alpha value is -1.99. The van der Waals surface area contributed by atoms with E-state index in [1.165, 1.54) is 15.6 Å². The zero-order valence-electron chi connectivity index (χ0n) is 18.9. The number of ether oxygens (including phenoxy) is 1. The molecule has 2 aliphatic rings. The zero-order chi connectivity index (χ0) is 23.5. The van der Waals surface area contributed by atoms with Crippen molar-refractivity contribution < 1.29 is 13.2 Å². The topological polar surface area (TPSA) is 109 Å². The summed E-state index contributed by atoms with van der Waals surface area (Å²) in [5.41, 5.74) is 0.807. The standard InChI is InChI=1S/C22H28N6O3S3/c1-32-17-13-23-21(24-14-17)25-15-3-2-4-16(11-15)26-22-27-19-6-5-18(12-20(19)33-22)34(29,30)28-7-9-31-10-8-28/h5-6,12-16H,2-4,7-11H2,1H3,(H,26,27)(H,23,24,25)/t15-,16+/m0/s1. The third kappa shape index (κ3) is 5.30. The summed E-state index contributed by atoms with van der Waals surface area (Å²) < 4.78 is 33.6. The van der Waals surface area contributed by atoms with E-state index < -0.39 is 10.0 Å². The fraction of sp³-hybridized carbons (Fsp3) is 0.500. The summed E-state index contributed by atoms with van der Waals surface area (Å²) in [6, 6.07) is 5.77. The van der Waals surface area contributed by atoms with Crippen LogP contribution < -0.4 is 10.6 Å². The van der Waals surface area contributed by atoms with Gasteiger partial charge in [0, 0.05) is 42.5 Å². The Bertz CT molecular complexity index is 1230. The Kier molecular flexibility index (Phi) is 7.21. The number of thiazole rings is 1. The zero-order valence-corrected chi connectivity index (χ0v) is 21.4. The molecule has 0 unspecified atom stereocenters. The van der Waals surface area contributed by atoms with E-state index in [-0.39, 0.29) is 6.04 Å². The van der Waals surface area contributed by atoms with Crippen LogP contribution in [0.4, 0.5) is 11.1 Å². The highest BCUT2D eigenvalue weighted by molar-refractivity contribution is 7.98. The lowest BCUT2D eigenvalue weighted by Gasteiger charge is -2.30. The van der Waals surface area contributed by atoms with Gasteiger partial charge in [-0.15, -0.1) is 11.8 Å². The molecule has 3 aromatic rings. The molecule has 1 saturated heterocycles. The highest BCUT2D eigenvalue weighted by Gasteiger charge is 2.27. The molecule has 1 aliphatic carbocycles. The first-order chi connectivity index (χ1) is 16.5. The average molecular weight is 521 g/mol. The molecule has 9 nitrogen and oxygen atoms in total. The normalized spacial score (nSPS) is 22.0. The number of benzene rings is 1. The van der Waals surface area contributed by atoms with Gasteiger partial charge >= 0.3 is 0 Å². The van der Waals surface area contributed by atoms with E-state index in [1.807, 2.05) is 18.6 Å². The molecule has 0 radical (unpaired) electrons. The van der Waals surface area contributed by atoms with Crippen LogP contribution in [0.3, 0.4) is 0 Å². The Morgan fingerprint density at radius 3 is 2.59 bits per heavy atom. The lowest BCUT2D eigenvalue weighted by molar-refractivity contribution is 0.0730. The van der Waals surface area contributed by atoms with E-state index in [0.29, 0.717) is 43.2 Å². The Morgan fingerprint density at radius 2 is 1.85 bits per heavy atom. The highest BCUT2D eigenvalue weighted by atomic mass is 32.2. The number of rotatable bonds is 7. The maximum absolute atomic E-state index is 13.0. The molecule has 0 amide bonds. The molecule has 2 N–H and O–H groups in total. The SMILES string of the molecule is CSc1cnc(N[C@H]2CCC[C@@H](Nc3nc4ccc(S(=O)(=O)N5CCOCC5)cc4s3)C2)nc1. The third-order valence-corrected chi connectivity index (χ3v) is 9.69. The lowest BCUT2D eigenvalue weighted by atomic mass is 9.91. The largest absolute Gasteiger partial charge is 0.379 e. The van der Waals surface area contributed by atoms with Crippen LogP contribution in [0.25, 0.3) is 10.2 Å². The van der Waals surface area contributed by atoms with Crippen molar-refractivity contribution in [3.63, 3.8) is 0 Å². The van der Waals surface area contributed by atoms with Gasteiger partial charge in [-0.05, 0) is 50.1 Å². The van der Waals surface area contributed by atoms with Crippen molar-refractivity contribution in [3.8, 4) is 0 Å². The molecule has 0 bridgehead atoms. The molecule has 3 heterocycles. The number of hydrogen-bond acceptors (Lipinski definition) is 10. The van der Waals surface area contributed by atoms with Crippen LogP contribution >= 0.6 is 23.1 Å². The first-order valence-electron chi connectivity index (χ1n) is 11.4. The number of morpholine rings is 1. The van der Waals surface area contributed by atoms with Crippen molar-refractivity contribution in [2.24, 2.45) is 0 Å². The molecule has 2 fully saturated rings. The fourth-order valence-electron chi connectivity index (χ4n) is 4.37. The monoisotopic (exact) mass is 520 g/mol. The first kappa shape index (κ1) is 23.7. The van der Waals surface area contributed by atoms with Gasteiger partial charge in [0.15, 0.2) is 5.13 Å². The minimum absolute atomic E-state index is 0.286. The molecule has 1 saturated carbocycles. The lowest BCUT2D eigenvalue weighted by Crippen LogP contribution is -2.40. The molecule has 1 aliphatic heterocycles. The fourth-order valence-corrected chi connectivity index (χ4v) is 7.18. The second-order valence-corrected chi connectivity index (χ2v) is 12.3. The minimum Gasteiger partial charge on any atom is -0.379 e. The van der Waals surface area contributed by atoms with E-state index in [2.05, 4.69) is 20.6 Å². The van der Waals surface area contributed by atoms with Crippen LogP contribution in [-0.4, -0.2) is 72.3 Å². The summed E-state index contributed by atoms with van der Waals surface area (Å²) in [5, 5.41) is 7.86. The second-order valence-electron chi connectivity index (χ2n) is 8.46. The van der Waals surface area contributed by atoms with Crippen molar-refractivity contribution in [1.29, 1.82) is 0 Å². The van der Waals surface area contributed by atoms with Gasteiger partial charge in [-0.1, -0.05) is 11.3 Å². The maximum Gasteiger partial charge on any atom is 0.243 e. The average Bonchev–Trinajstić information content (AvgIpc) is 3.27. The van der Waals surface area contributed by atoms with E-state index in [1.54, 1.807) is 30.0 Å². The Morgan fingerprint density at radius 1 is 1.12 bits per heavy atom. The smallest absolute Gasteiger partial charge is 0.243 e. The molecule has 5 rings (SSSR count). The molecule has 182 valence electrons. The summed E-state index contributed by atoms with van der Waals surface area (Å²) >= 11 is 3.13. The minimum atomic E-state index is -3.52. The van der Waals surface area contributed by atoms with Crippen molar-refractivity contribution in [1.82, 2.24) is 19.3 Å². The van der Waals surface area contributed by atoms with Crippen molar-refractivity contribution >= 4 is 54.4 Å². The summed E-state index contributed by atoms with van der Waals surface area (Å²) in [6.45, 7) is 1.64. The quantitative estimate of drug-likeness (QED) is 0.451. The third-order valence-electron chi connectivity index (χ3n) is 6.17. The number of thioether (sulfide) groups is 1. The van der Waals surface area contributed by atoms with Crippen LogP contribution in [0.5, 0.6) is 0 Å². The molecule has 0 spiro atoms. The molecule has 2 aromatic heterocycles. The van der Waals surface area contributed by atoms with Crippen molar-refractivity contribution in [2.45, 2.75) is 47.6 Å². The Labute approximate surface area is 207 Å². The Balaban J connectivity index is 1.25. The highest BCUT2D eigenvalue weighted by Crippen LogP contribution is 2.32. The maximum atomic E-state index is 13.0. The van der Waals surface area contributed by atoms with E-state index in [0.717, 1.165) is 45.9 Å². The van der Waals surface area contributed by atoms with Crippen molar-refractivity contribution in [3.05, 3.63) is 30.6 Å². The number of nitrogens with zero attached hydrogens (tertiary/aromatic N) is 4. The summed E-state index contributed by atoms with van der Waals surface area (Å²) in [7, 11) is -3.52. The van der Waals surface area contributed by atoms with Crippen molar-refractivity contribution in [2.75, 3.05) is 43.2 Å². The number of anilines is 2. The van der Waals surface area contributed by atoms with Gasteiger partial charge < -0.3 is 15.4 Å².